The number of aliphatic hydroxyl groups is 1. The summed E-state index contributed by atoms with van der Waals surface area (Å²) in [5.74, 6) is 0.382. The van der Waals surface area contributed by atoms with Crippen LogP contribution >= 0.6 is 11.6 Å². The highest BCUT2D eigenvalue weighted by Gasteiger charge is 2.26. The molecule has 2 rings (SSSR count). The fourth-order valence-electron chi connectivity index (χ4n) is 2.14. The average molecular weight is 337 g/mol. The second-order valence-corrected chi connectivity index (χ2v) is 6.23. The van der Waals surface area contributed by atoms with Crippen molar-refractivity contribution in [3.63, 3.8) is 0 Å². The van der Waals surface area contributed by atoms with Crippen molar-refractivity contribution in [1.29, 1.82) is 0 Å². The summed E-state index contributed by atoms with van der Waals surface area (Å²) in [6.45, 7) is 3.84. The molecule has 6 heteroatoms. The minimum atomic E-state index is -1.12. The molecule has 23 heavy (non-hydrogen) atoms. The molecular formula is C17H21ClN2O3. The molecule has 0 aliphatic rings. The van der Waals surface area contributed by atoms with E-state index in [-0.39, 0.29) is 24.9 Å². The molecule has 0 aliphatic carbocycles. The first-order valence-corrected chi connectivity index (χ1v) is 7.80. The fourth-order valence-corrected chi connectivity index (χ4v) is 2.27. The van der Waals surface area contributed by atoms with Crippen molar-refractivity contribution in [1.82, 2.24) is 5.32 Å². The van der Waals surface area contributed by atoms with Gasteiger partial charge >= 0.3 is 0 Å². The Hall–Kier alpha value is -1.82. The number of carbonyl (C=O) groups is 1. The molecule has 3 N–H and O–H groups in total. The molecule has 1 amide bonds. The molecule has 1 heterocycles. The maximum atomic E-state index is 12.0. The van der Waals surface area contributed by atoms with Crippen LogP contribution in [0.4, 0.5) is 5.69 Å². The van der Waals surface area contributed by atoms with E-state index in [0.717, 1.165) is 0 Å². The Kier molecular flexibility index (Phi) is 5.82. The van der Waals surface area contributed by atoms with Gasteiger partial charge < -0.3 is 20.2 Å². The van der Waals surface area contributed by atoms with E-state index >= 15 is 0 Å². The van der Waals surface area contributed by atoms with Crippen LogP contribution in [0.25, 0.3) is 0 Å². The molecule has 0 fully saturated rings. The second-order valence-electron chi connectivity index (χ2n) is 5.79. The molecule has 5 nitrogen and oxygen atoms in total. The van der Waals surface area contributed by atoms with Crippen molar-refractivity contribution in [2.45, 2.75) is 31.9 Å². The van der Waals surface area contributed by atoms with Gasteiger partial charge in [-0.1, -0.05) is 11.6 Å². The Balaban J connectivity index is 1.79. The van der Waals surface area contributed by atoms with Gasteiger partial charge in [-0.15, -0.1) is 0 Å². The van der Waals surface area contributed by atoms with Crippen LogP contribution in [-0.4, -0.2) is 23.6 Å². The van der Waals surface area contributed by atoms with Crippen LogP contribution in [0.5, 0.6) is 0 Å². The van der Waals surface area contributed by atoms with Gasteiger partial charge in [0.1, 0.15) is 11.4 Å². The molecule has 2 atom stereocenters. The zero-order valence-electron chi connectivity index (χ0n) is 13.2. The Morgan fingerprint density at radius 3 is 2.65 bits per heavy atom. The molecular weight excluding hydrogens is 316 g/mol. The maximum absolute atomic E-state index is 12.0. The maximum Gasteiger partial charge on any atom is 0.225 e. The number of amides is 1. The second kappa shape index (κ2) is 7.64. The van der Waals surface area contributed by atoms with Gasteiger partial charge in [0.05, 0.1) is 6.26 Å². The molecule has 124 valence electrons. The summed E-state index contributed by atoms with van der Waals surface area (Å²) in [7, 11) is 0. The summed E-state index contributed by atoms with van der Waals surface area (Å²) in [6, 6.07) is 10.3. The van der Waals surface area contributed by atoms with Crippen LogP contribution < -0.4 is 10.6 Å². The van der Waals surface area contributed by atoms with Crippen LogP contribution in [0.3, 0.4) is 0 Å². The molecule has 0 bridgehead atoms. The molecule has 0 spiro atoms. The number of anilines is 1. The molecule has 1 aromatic heterocycles. The van der Waals surface area contributed by atoms with Crippen molar-refractivity contribution < 1.29 is 14.3 Å². The van der Waals surface area contributed by atoms with Crippen molar-refractivity contribution in [2.75, 3.05) is 11.9 Å². The third-order valence-electron chi connectivity index (χ3n) is 3.47. The highest BCUT2D eigenvalue weighted by atomic mass is 35.5. The highest BCUT2D eigenvalue weighted by molar-refractivity contribution is 6.30. The van der Waals surface area contributed by atoms with Gasteiger partial charge in [-0.05, 0) is 50.2 Å². The number of halogens is 1. The average Bonchev–Trinajstić information content (AvgIpc) is 3.03. The Bertz CT molecular complexity index is 624. The first-order chi connectivity index (χ1) is 10.9. The predicted octanol–water partition coefficient (Wildman–Crippen LogP) is 3.15. The zero-order chi connectivity index (χ0) is 16.9. The molecule has 0 radical (unpaired) electrons. The fraction of sp³-hybridized carbons (Fsp3) is 0.353. The number of hydrogen-bond donors (Lipinski definition) is 3. The summed E-state index contributed by atoms with van der Waals surface area (Å²) < 4.78 is 5.22. The van der Waals surface area contributed by atoms with E-state index < -0.39 is 5.60 Å². The number of carbonyl (C=O) groups excluding carboxylic acids is 1. The van der Waals surface area contributed by atoms with E-state index in [0.29, 0.717) is 16.5 Å². The van der Waals surface area contributed by atoms with Gasteiger partial charge in [-0.25, -0.2) is 0 Å². The summed E-state index contributed by atoms with van der Waals surface area (Å²) in [5, 5.41) is 16.9. The van der Waals surface area contributed by atoms with Crippen LogP contribution in [0.15, 0.2) is 47.1 Å². The lowest BCUT2D eigenvalue weighted by Gasteiger charge is -2.24. The van der Waals surface area contributed by atoms with Crippen molar-refractivity contribution in [3.05, 3.63) is 53.4 Å². The van der Waals surface area contributed by atoms with Gasteiger partial charge in [0.2, 0.25) is 5.91 Å². The molecule has 1 aromatic carbocycles. The van der Waals surface area contributed by atoms with Crippen LogP contribution in [0.2, 0.25) is 5.02 Å². The van der Waals surface area contributed by atoms with Gasteiger partial charge in [0.25, 0.3) is 0 Å². The molecule has 0 aliphatic heterocycles. The summed E-state index contributed by atoms with van der Waals surface area (Å²) in [4.78, 5) is 12.0. The minimum Gasteiger partial charge on any atom is -0.466 e. The summed E-state index contributed by atoms with van der Waals surface area (Å²) >= 11 is 5.80. The van der Waals surface area contributed by atoms with Crippen LogP contribution in [0, 0.1) is 0 Å². The lowest BCUT2D eigenvalue weighted by atomic mass is 10.0. The van der Waals surface area contributed by atoms with Crippen molar-refractivity contribution in [3.8, 4) is 0 Å². The topological polar surface area (TPSA) is 74.5 Å². The number of rotatable bonds is 7. The quantitative estimate of drug-likeness (QED) is 0.726. The Labute approximate surface area is 140 Å². The first-order valence-electron chi connectivity index (χ1n) is 7.42. The van der Waals surface area contributed by atoms with E-state index in [1.165, 1.54) is 6.26 Å². The Morgan fingerprint density at radius 2 is 2.04 bits per heavy atom. The minimum absolute atomic E-state index is 0.0938. The van der Waals surface area contributed by atoms with E-state index in [4.69, 9.17) is 16.0 Å². The predicted molar refractivity (Wildman–Crippen MR) is 90.4 cm³/mol. The SMILES string of the molecule is C[C@H](CC(=O)Nc1ccc(Cl)cc1)NC[C@@](C)(O)c1ccco1. The van der Waals surface area contributed by atoms with Crippen LogP contribution in [-0.2, 0) is 10.4 Å². The lowest BCUT2D eigenvalue weighted by Crippen LogP contribution is -2.40. The summed E-state index contributed by atoms with van der Waals surface area (Å²) in [6.07, 6.45) is 1.81. The van der Waals surface area contributed by atoms with Crippen molar-refractivity contribution in [2.24, 2.45) is 0 Å². The monoisotopic (exact) mass is 336 g/mol. The van der Waals surface area contributed by atoms with E-state index in [9.17, 15) is 9.90 Å². The van der Waals surface area contributed by atoms with Crippen molar-refractivity contribution >= 4 is 23.2 Å². The third kappa shape index (κ3) is 5.39. The summed E-state index contributed by atoms with van der Waals surface area (Å²) in [5.41, 5.74) is -0.418. The van der Waals surface area contributed by atoms with Gasteiger partial charge in [-0.2, -0.15) is 0 Å². The highest BCUT2D eigenvalue weighted by Crippen LogP contribution is 2.20. The van der Waals surface area contributed by atoms with Gasteiger partial charge in [-0.3, -0.25) is 4.79 Å². The lowest BCUT2D eigenvalue weighted by molar-refractivity contribution is -0.116. The molecule has 0 saturated carbocycles. The number of benzene rings is 1. The van der Waals surface area contributed by atoms with Crippen LogP contribution in [0.1, 0.15) is 26.0 Å². The zero-order valence-corrected chi connectivity index (χ0v) is 13.9. The number of furan rings is 1. The van der Waals surface area contributed by atoms with E-state index in [2.05, 4.69) is 10.6 Å². The van der Waals surface area contributed by atoms with E-state index in [1.54, 1.807) is 43.3 Å². The third-order valence-corrected chi connectivity index (χ3v) is 3.72. The molecule has 0 unspecified atom stereocenters. The van der Waals surface area contributed by atoms with Gasteiger partial charge in [0.15, 0.2) is 0 Å². The molecule has 0 saturated heterocycles. The number of hydrogen-bond acceptors (Lipinski definition) is 4. The standard InChI is InChI=1S/C17H21ClN2O3/c1-12(19-11-17(2,22)15-4-3-9-23-15)10-16(21)20-14-7-5-13(18)6-8-14/h3-9,12,19,22H,10-11H2,1-2H3,(H,20,21)/t12-,17-/m1/s1. The molecule has 2 aromatic rings. The largest absolute Gasteiger partial charge is 0.466 e. The number of nitrogens with one attached hydrogen (secondary N) is 2. The van der Waals surface area contributed by atoms with Gasteiger partial charge in [0, 0.05) is 29.7 Å². The normalized spacial score (nSPS) is 15.0. The Morgan fingerprint density at radius 1 is 1.35 bits per heavy atom. The van der Waals surface area contributed by atoms with E-state index in [1.807, 2.05) is 6.92 Å². The first kappa shape index (κ1) is 17.5. The smallest absolute Gasteiger partial charge is 0.225 e.